The fourth-order valence-electron chi connectivity index (χ4n) is 2.74. The highest BCUT2D eigenvalue weighted by Gasteiger charge is 2.14. The maximum absolute atomic E-state index is 5.53. The van der Waals surface area contributed by atoms with Crippen molar-refractivity contribution in [2.45, 2.75) is 33.2 Å². The van der Waals surface area contributed by atoms with Gasteiger partial charge in [0.15, 0.2) is 5.11 Å². The first-order valence-corrected chi connectivity index (χ1v) is 9.60. The molecule has 7 heteroatoms. The molecule has 0 amide bonds. The minimum absolute atomic E-state index is 0.555. The monoisotopic (exact) mass is 378 g/mol. The number of unbranched alkanes of at least 4 members (excludes halogenated alkanes) is 1. The van der Waals surface area contributed by atoms with E-state index in [0.29, 0.717) is 5.11 Å². The Balaban J connectivity index is 2.02. The van der Waals surface area contributed by atoms with Crippen molar-refractivity contribution in [3.63, 3.8) is 0 Å². The SMILES string of the molecule is CCCCNC(=S)N/N=C(/C)c1ccc(OC)c(CN2CCOCC2)c1. The molecule has 1 fully saturated rings. The predicted octanol–water partition coefficient (Wildman–Crippen LogP) is 2.52. The van der Waals surface area contributed by atoms with Gasteiger partial charge in [-0.3, -0.25) is 10.3 Å². The Bertz CT molecular complexity index is 616. The normalized spacial score (nSPS) is 15.6. The molecule has 144 valence electrons. The zero-order valence-electron chi connectivity index (χ0n) is 16.0. The second kappa shape index (κ2) is 11.1. The molecule has 0 spiro atoms. The molecular formula is C19H30N4O2S. The minimum Gasteiger partial charge on any atom is -0.496 e. The quantitative estimate of drug-likeness (QED) is 0.314. The number of morpholine rings is 1. The smallest absolute Gasteiger partial charge is 0.186 e. The van der Waals surface area contributed by atoms with Crippen molar-refractivity contribution in [2.75, 3.05) is 40.0 Å². The maximum Gasteiger partial charge on any atom is 0.186 e. The van der Waals surface area contributed by atoms with Crippen LogP contribution in [0.1, 0.15) is 37.8 Å². The van der Waals surface area contributed by atoms with Crippen molar-refractivity contribution < 1.29 is 9.47 Å². The molecule has 0 aliphatic carbocycles. The molecule has 0 radical (unpaired) electrons. The first kappa shape index (κ1) is 20.6. The van der Waals surface area contributed by atoms with Gasteiger partial charge < -0.3 is 14.8 Å². The van der Waals surface area contributed by atoms with Crippen molar-refractivity contribution >= 4 is 23.0 Å². The van der Waals surface area contributed by atoms with Gasteiger partial charge in [-0.05, 0) is 49.3 Å². The number of thiocarbonyl (C=S) groups is 1. The Labute approximate surface area is 161 Å². The van der Waals surface area contributed by atoms with Gasteiger partial charge in [0.2, 0.25) is 0 Å². The van der Waals surface area contributed by atoms with E-state index in [9.17, 15) is 0 Å². The predicted molar refractivity (Wildman–Crippen MR) is 110 cm³/mol. The number of hydrogen-bond acceptors (Lipinski definition) is 5. The third kappa shape index (κ3) is 6.55. The van der Waals surface area contributed by atoms with E-state index in [2.05, 4.69) is 33.7 Å². The summed E-state index contributed by atoms with van der Waals surface area (Å²) in [6.45, 7) is 9.30. The molecule has 26 heavy (non-hydrogen) atoms. The lowest BCUT2D eigenvalue weighted by Gasteiger charge is -2.27. The zero-order valence-corrected chi connectivity index (χ0v) is 16.8. The Hall–Kier alpha value is -1.70. The van der Waals surface area contributed by atoms with E-state index in [4.69, 9.17) is 21.7 Å². The standard InChI is InChI=1S/C19H30N4O2S/c1-4-5-8-20-19(26)22-21-15(2)16-6-7-18(24-3)17(13-16)14-23-9-11-25-12-10-23/h6-7,13H,4-5,8-12,14H2,1-3H3,(H2,20,22,26)/b21-15-. The second-order valence-corrected chi connectivity index (χ2v) is 6.74. The van der Waals surface area contributed by atoms with Crippen LogP contribution in [0.3, 0.4) is 0 Å². The molecular weight excluding hydrogens is 348 g/mol. The average molecular weight is 379 g/mol. The van der Waals surface area contributed by atoms with Crippen molar-refractivity contribution in [1.29, 1.82) is 0 Å². The van der Waals surface area contributed by atoms with E-state index in [0.717, 1.165) is 74.8 Å². The van der Waals surface area contributed by atoms with Crippen molar-refractivity contribution in [2.24, 2.45) is 5.10 Å². The van der Waals surface area contributed by atoms with Gasteiger partial charge in [0, 0.05) is 31.7 Å². The molecule has 1 heterocycles. The Morgan fingerprint density at radius 2 is 2.12 bits per heavy atom. The van der Waals surface area contributed by atoms with Gasteiger partial charge >= 0.3 is 0 Å². The summed E-state index contributed by atoms with van der Waals surface area (Å²) in [6.07, 6.45) is 2.23. The van der Waals surface area contributed by atoms with Crippen LogP contribution in [0.4, 0.5) is 0 Å². The van der Waals surface area contributed by atoms with Crippen LogP contribution in [0.15, 0.2) is 23.3 Å². The Morgan fingerprint density at radius 1 is 1.35 bits per heavy atom. The molecule has 6 nitrogen and oxygen atoms in total. The van der Waals surface area contributed by atoms with Crippen LogP contribution >= 0.6 is 12.2 Å². The summed E-state index contributed by atoms with van der Waals surface area (Å²) in [4.78, 5) is 2.38. The highest BCUT2D eigenvalue weighted by atomic mass is 32.1. The fourth-order valence-corrected chi connectivity index (χ4v) is 2.89. The van der Waals surface area contributed by atoms with Crippen molar-refractivity contribution in [1.82, 2.24) is 15.6 Å². The third-order valence-electron chi connectivity index (χ3n) is 4.34. The van der Waals surface area contributed by atoms with E-state index in [1.165, 1.54) is 0 Å². The topological polar surface area (TPSA) is 58.1 Å². The van der Waals surface area contributed by atoms with E-state index in [1.54, 1.807) is 7.11 Å². The number of methoxy groups -OCH3 is 1. The molecule has 2 rings (SSSR count). The summed E-state index contributed by atoms with van der Waals surface area (Å²) < 4.78 is 11.0. The summed E-state index contributed by atoms with van der Waals surface area (Å²) in [6, 6.07) is 6.17. The van der Waals surface area contributed by atoms with Crippen LogP contribution in [-0.2, 0) is 11.3 Å². The Kier molecular flexibility index (Phi) is 8.80. The molecule has 0 unspecified atom stereocenters. The highest BCUT2D eigenvalue weighted by molar-refractivity contribution is 7.80. The number of benzene rings is 1. The largest absolute Gasteiger partial charge is 0.496 e. The summed E-state index contributed by atoms with van der Waals surface area (Å²) in [7, 11) is 1.71. The first-order valence-electron chi connectivity index (χ1n) is 9.19. The van der Waals surface area contributed by atoms with Crippen molar-refractivity contribution in [3.05, 3.63) is 29.3 Å². The van der Waals surface area contributed by atoms with Gasteiger partial charge in [-0.1, -0.05) is 13.3 Å². The molecule has 0 atom stereocenters. The summed E-state index contributed by atoms with van der Waals surface area (Å²) in [5, 5.41) is 8.11. The summed E-state index contributed by atoms with van der Waals surface area (Å²) >= 11 is 5.24. The molecule has 1 aromatic carbocycles. The van der Waals surface area contributed by atoms with Gasteiger partial charge in [0.1, 0.15) is 5.75 Å². The molecule has 0 saturated carbocycles. The van der Waals surface area contributed by atoms with Gasteiger partial charge in [0.05, 0.1) is 26.0 Å². The van der Waals surface area contributed by atoms with E-state index in [-0.39, 0.29) is 0 Å². The van der Waals surface area contributed by atoms with Crippen LogP contribution in [0.5, 0.6) is 5.75 Å². The lowest BCUT2D eigenvalue weighted by Crippen LogP contribution is -2.35. The Morgan fingerprint density at radius 3 is 2.81 bits per heavy atom. The number of nitrogens with zero attached hydrogens (tertiary/aromatic N) is 2. The van der Waals surface area contributed by atoms with Crippen LogP contribution in [-0.4, -0.2) is 55.7 Å². The minimum atomic E-state index is 0.555. The van der Waals surface area contributed by atoms with E-state index >= 15 is 0 Å². The number of ether oxygens (including phenoxy) is 2. The molecule has 0 aromatic heterocycles. The fraction of sp³-hybridized carbons (Fsp3) is 0.579. The van der Waals surface area contributed by atoms with Crippen LogP contribution in [0.25, 0.3) is 0 Å². The average Bonchev–Trinajstić information content (AvgIpc) is 2.67. The lowest BCUT2D eigenvalue weighted by molar-refractivity contribution is 0.0339. The van der Waals surface area contributed by atoms with Gasteiger partial charge in [-0.2, -0.15) is 5.10 Å². The number of hydrazone groups is 1. The van der Waals surface area contributed by atoms with E-state index < -0.39 is 0 Å². The molecule has 1 aliphatic rings. The maximum atomic E-state index is 5.53. The lowest BCUT2D eigenvalue weighted by atomic mass is 10.1. The summed E-state index contributed by atoms with van der Waals surface area (Å²) in [5.41, 5.74) is 6.02. The second-order valence-electron chi connectivity index (χ2n) is 6.33. The molecule has 0 bridgehead atoms. The van der Waals surface area contributed by atoms with Crippen LogP contribution < -0.4 is 15.5 Å². The molecule has 2 N–H and O–H groups in total. The molecule has 1 aromatic rings. The highest BCUT2D eigenvalue weighted by Crippen LogP contribution is 2.22. The zero-order chi connectivity index (χ0) is 18.8. The summed E-state index contributed by atoms with van der Waals surface area (Å²) in [5.74, 6) is 0.901. The van der Waals surface area contributed by atoms with Gasteiger partial charge in [0.25, 0.3) is 0 Å². The molecule has 1 aliphatic heterocycles. The van der Waals surface area contributed by atoms with Crippen LogP contribution in [0.2, 0.25) is 0 Å². The number of hydrogen-bond donors (Lipinski definition) is 2. The molecule has 1 saturated heterocycles. The number of rotatable bonds is 8. The number of nitrogens with one attached hydrogen (secondary N) is 2. The van der Waals surface area contributed by atoms with Gasteiger partial charge in [-0.15, -0.1) is 0 Å². The van der Waals surface area contributed by atoms with Crippen LogP contribution in [0, 0.1) is 0 Å². The van der Waals surface area contributed by atoms with Crippen molar-refractivity contribution in [3.8, 4) is 5.75 Å². The third-order valence-corrected chi connectivity index (χ3v) is 4.57. The first-order chi connectivity index (χ1) is 12.6. The van der Waals surface area contributed by atoms with Gasteiger partial charge in [-0.25, -0.2) is 0 Å². The van der Waals surface area contributed by atoms with E-state index in [1.807, 2.05) is 19.1 Å².